The predicted molar refractivity (Wildman–Crippen MR) is 87.4 cm³/mol. The lowest BCUT2D eigenvalue weighted by Crippen LogP contribution is -2.40. The quantitative estimate of drug-likeness (QED) is 0.699. The van der Waals surface area contributed by atoms with Gasteiger partial charge < -0.3 is 10.1 Å². The van der Waals surface area contributed by atoms with E-state index in [1.165, 1.54) is 25.0 Å². The zero-order chi connectivity index (χ0) is 16.4. The first-order chi connectivity index (χ1) is 10.6. The van der Waals surface area contributed by atoms with Crippen LogP contribution in [0.4, 0.5) is 4.39 Å². The first-order valence-electron chi connectivity index (χ1n) is 8.30. The molecule has 0 aromatic heterocycles. The maximum atomic E-state index is 12.9. The van der Waals surface area contributed by atoms with Crippen LogP contribution < -0.4 is 10.1 Å². The third-order valence-corrected chi connectivity index (χ3v) is 3.86. The number of unbranched alkanes of at least 4 members (excludes halogenated alkanes) is 1. The van der Waals surface area contributed by atoms with E-state index in [4.69, 9.17) is 4.74 Å². The van der Waals surface area contributed by atoms with Crippen LogP contribution in [0.5, 0.6) is 5.75 Å². The van der Waals surface area contributed by atoms with Crippen molar-refractivity contribution in [3.05, 3.63) is 30.1 Å². The Labute approximate surface area is 133 Å². The van der Waals surface area contributed by atoms with Crippen LogP contribution in [-0.2, 0) is 4.79 Å². The summed E-state index contributed by atoms with van der Waals surface area (Å²) in [5.74, 6) is 0.627. The van der Waals surface area contributed by atoms with Crippen LogP contribution in [0.15, 0.2) is 24.3 Å². The van der Waals surface area contributed by atoms with Gasteiger partial charge in [-0.1, -0.05) is 40.0 Å². The van der Waals surface area contributed by atoms with Crippen LogP contribution in [0.3, 0.4) is 0 Å². The molecule has 22 heavy (non-hydrogen) atoms. The van der Waals surface area contributed by atoms with Gasteiger partial charge in [0.1, 0.15) is 11.6 Å². The number of benzene rings is 1. The van der Waals surface area contributed by atoms with E-state index >= 15 is 0 Å². The molecule has 1 amide bonds. The minimum absolute atomic E-state index is 0.0956. The highest BCUT2D eigenvalue weighted by atomic mass is 19.1. The van der Waals surface area contributed by atoms with Crippen molar-refractivity contribution in [2.45, 2.75) is 59.0 Å². The molecular formula is C18H28FNO2. The monoisotopic (exact) mass is 309 g/mol. The summed E-state index contributed by atoms with van der Waals surface area (Å²) in [7, 11) is 0. The molecule has 0 aliphatic rings. The molecule has 0 fully saturated rings. The number of amides is 1. The van der Waals surface area contributed by atoms with Crippen LogP contribution in [-0.4, -0.2) is 18.6 Å². The number of nitrogens with one attached hydrogen (secondary N) is 1. The van der Waals surface area contributed by atoms with Gasteiger partial charge >= 0.3 is 0 Å². The van der Waals surface area contributed by atoms with Crippen molar-refractivity contribution in [3.8, 4) is 5.75 Å². The summed E-state index contributed by atoms with van der Waals surface area (Å²) in [6.45, 7) is 6.93. The van der Waals surface area contributed by atoms with Crippen LogP contribution in [0, 0.1) is 11.7 Å². The SMILES string of the molecule is CCCC[C@@H](CC)CNC(=O)[C@H](CC)Oc1ccc(F)cc1. The lowest BCUT2D eigenvalue weighted by Gasteiger charge is -2.20. The Morgan fingerprint density at radius 3 is 2.41 bits per heavy atom. The molecule has 1 aromatic carbocycles. The molecule has 0 radical (unpaired) electrons. The number of ether oxygens (including phenoxy) is 1. The molecule has 1 rings (SSSR count). The van der Waals surface area contributed by atoms with E-state index in [1.807, 2.05) is 6.92 Å². The summed E-state index contributed by atoms with van der Waals surface area (Å²) in [4.78, 5) is 12.2. The van der Waals surface area contributed by atoms with Crippen LogP contribution in [0.2, 0.25) is 0 Å². The van der Waals surface area contributed by atoms with Gasteiger partial charge in [0, 0.05) is 6.54 Å². The highest BCUT2D eigenvalue weighted by molar-refractivity contribution is 5.81. The molecule has 0 heterocycles. The summed E-state index contributed by atoms with van der Waals surface area (Å²) in [5.41, 5.74) is 0. The lowest BCUT2D eigenvalue weighted by molar-refractivity contribution is -0.128. The molecule has 0 aliphatic heterocycles. The summed E-state index contributed by atoms with van der Waals surface area (Å²) in [6.07, 6.45) is 4.62. The number of halogens is 1. The molecule has 1 aromatic rings. The molecule has 0 spiro atoms. The minimum Gasteiger partial charge on any atom is -0.481 e. The molecule has 2 atom stereocenters. The van der Waals surface area contributed by atoms with Crippen molar-refractivity contribution in [1.29, 1.82) is 0 Å². The molecule has 0 unspecified atom stereocenters. The third-order valence-electron chi connectivity index (χ3n) is 3.86. The normalized spacial score (nSPS) is 13.5. The number of carbonyl (C=O) groups is 1. The van der Waals surface area contributed by atoms with Crippen LogP contribution in [0.1, 0.15) is 52.9 Å². The molecule has 0 saturated heterocycles. The van der Waals surface area contributed by atoms with E-state index in [0.29, 0.717) is 24.6 Å². The molecule has 4 heteroatoms. The van der Waals surface area contributed by atoms with Crippen molar-refractivity contribution >= 4 is 5.91 Å². The predicted octanol–water partition coefficient (Wildman–Crippen LogP) is 4.32. The maximum Gasteiger partial charge on any atom is 0.261 e. The molecule has 1 N–H and O–H groups in total. The van der Waals surface area contributed by atoms with Gasteiger partial charge in [0.15, 0.2) is 6.10 Å². The number of rotatable bonds is 10. The van der Waals surface area contributed by atoms with Gasteiger partial charge in [-0.15, -0.1) is 0 Å². The maximum absolute atomic E-state index is 12.9. The molecule has 0 bridgehead atoms. The van der Waals surface area contributed by atoms with E-state index in [0.717, 1.165) is 12.8 Å². The lowest BCUT2D eigenvalue weighted by atomic mass is 9.99. The van der Waals surface area contributed by atoms with E-state index in [1.54, 1.807) is 12.1 Å². The molecular weight excluding hydrogens is 281 g/mol. The van der Waals surface area contributed by atoms with Gasteiger partial charge in [0.25, 0.3) is 5.91 Å². The van der Waals surface area contributed by atoms with Gasteiger partial charge in [-0.05, 0) is 43.0 Å². The summed E-state index contributed by atoms with van der Waals surface area (Å²) in [5, 5.41) is 2.99. The minimum atomic E-state index is -0.533. The first kappa shape index (κ1) is 18.5. The second kappa shape index (κ2) is 10.2. The smallest absolute Gasteiger partial charge is 0.261 e. The summed E-state index contributed by atoms with van der Waals surface area (Å²) in [6, 6.07) is 5.75. The van der Waals surface area contributed by atoms with E-state index in [2.05, 4.69) is 19.2 Å². The largest absolute Gasteiger partial charge is 0.481 e. The standard InChI is InChI=1S/C18H28FNO2/c1-4-7-8-14(5-2)13-20-18(21)17(6-3)22-16-11-9-15(19)10-12-16/h9-12,14,17H,4-8,13H2,1-3H3,(H,20,21)/t14-,17+/m1/s1. The molecule has 3 nitrogen and oxygen atoms in total. The fourth-order valence-corrected chi connectivity index (χ4v) is 2.30. The Bertz CT molecular complexity index is 433. The highest BCUT2D eigenvalue weighted by Crippen LogP contribution is 2.15. The Kier molecular flexibility index (Phi) is 8.56. The van der Waals surface area contributed by atoms with Gasteiger partial charge in [0.2, 0.25) is 0 Å². The van der Waals surface area contributed by atoms with E-state index in [9.17, 15) is 9.18 Å². The topological polar surface area (TPSA) is 38.3 Å². The van der Waals surface area contributed by atoms with Crippen molar-refractivity contribution in [3.63, 3.8) is 0 Å². The number of carbonyl (C=O) groups excluding carboxylic acids is 1. The van der Waals surface area contributed by atoms with Crippen LogP contribution >= 0.6 is 0 Å². The third kappa shape index (κ3) is 6.46. The Hall–Kier alpha value is -1.58. The molecule has 0 saturated carbocycles. The second-order valence-electron chi connectivity index (χ2n) is 5.63. The van der Waals surface area contributed by atoms with Crippen molar-refractivity contribution in [1.82, 2.24) is 5.32 Å². The van der Waals surface area contributed by atoms with Crippen molar-refractivity contribution < 1.29 is 13.9 Å². The summed E-state index contributed by atoms with van der Waals surface area (Å²) < 4.78 is 18.5. The Balaban J connectivity index is 2.48. The molecule has 124 valence electrons. The van der Waals surface area contributed by atoms with E-state index < -0.39 is 6.10 Å². The Morgan fingerprint density at radius 2 is 1.86 bits per heavy atom. The first-order valence-corrected chi connectivity index (χ1v) is 8.30. The van der Waals surface area contributed by atoms with Crippen LogP contribution in [0.25, 0.3) is 0 Å². The average Bonchev–Trinajstić information content (AvgIpc) is 2.54. The number of hydrogen-bond donors (Lipinski definition) is 1. The van der Waals surface area contributed by atoms with Crippen molar-refractivity contribution in [2.75, 3.05) is 6.54 Å². The fourth-order valence-electron chi connectivity index (χ4n) is 2.30. The van der Waals surface area contributed by atoms with Gasteiger partial charge in [-0.3, -0.25) is 4.79 Å². The van der Waals surface area contributed by atoms with Gasteiger partial charge in [-0.25, -0.2) is 4.39 Å². The number of hydrogen-bond acceptors (Lipinski definition) is 2. The average molecular weight is 309 g/mol. The second-order valence-corrected chi connectivity index (χ2v) is 5.63. The van der Waals surface area contributed by atoms with Gasteiger partial charge in [0.05, 0.1) is 0 Å². The van der Waals surface area contributed by atoms with Gasteiger partial charge in [-0.2, -0.15) is 0 Å². The zero-order valence-corrected chi connectivity index (χ0v) is 13.9. The van der Waals surface area contributed by atoms with Crippen molar-refractivity contribution in [2.24, 2.45) is 5.92 Å². The zero-order valence-electron chi connectivity index (χ0n) is 13.9. The van der Waals surface area contributed by atoms with E-state index in [-0.39, 0.29) is 11.7 Å². The summed E-state index contributed by atoms with van der Waals surface area (Å²) >= 11 is 0. The fraction of sp³-hybridized carbons (Fsp3) is 0.611. The Morgan fingerprint density at radius 1 is 1.18 bits per heavy atom. The highest BCUT2D eigenvalue weighted by Gasteiger charge is 2.19. The molecule has 0 aliphatic carbocycles.